The minimum atomic E-state index is 0. The SMILES string of the molecule is CC1CC(=O)N(CCCCN2CCN(c3nccc4sccc34)CC2)C(=O)C1.Cl. The van der Waals surface area contributed by atoms with Crippen molar-refractivity contribution >= 4 is 51.5 Å². The molecule has 29 heavy (non-hydrogen) atoms. The number of imide groups is 1. The first-order valence-corrected chi connectivity index (χ1v) is 11.1. The minimum Gasteiger partial charge on any atom is -0.354 e. The lowest BCUT2D eigenvalue weighted by molar-refractivity contribution is -0.149. The van der Waals surface area contributed by atoms with Gasteiger partial charge in [0.15, 0.2) is 0 Å². The van der Waals surface area contributed by atoms with Crippen LogP contribution in [0.5, 0.6) is 0 Å². The van der Waals surface area contributed by atoms with E-state index in [-0.39, 0.29) is 30.1 Å². The highest BCUT2D eigenvalue weighted by Gasteiger charge is 2.29. The third-order valence-corrected chi connectivity index (χ3v) is 6.67. The highest BCUT2D eigenvalue weighted by atomic mass is 35.5. The van der Waals surface area contributed by atoms with E-state index in [0.717, 1.165) is 51.4 Å². The predicted molar refractivity (Wildman–Crippen MR) is 120 cm³/mol. The number of rotatable bonds is 6. The van der Waals surface area contributed by atoms with Crippen molar-refractivity contribution in [1.82, 2.24) is 14.8 Å². The summed E-state index contributed by atoms with van der Waals surface area (Å²) in [6.07, 6.45) is 4.84. The van der Waals surface area contributed by atoms with Gasteiger partial charge in [0.05, 0.1) is 0 Å². The minimum absolute atomic E-state index is 0. The molecule has 2 aliphatic rings. The van der Waals surface area contributed by atoms with Gasteiger partial charge in [0.2, 0.25) is 11.8 Å². The molecule has 0 aromatic carbocycles. The molecule has 158 valence electrons. The molecule has 0 bridgehead atoms. The topological polar surface area (TPSA) is 56.8 Å². The number of halogens is 1. The first-order chi connectivity index (χ1) is 13.6. The number of hydrogen-bond acceptors (Lipinski definition) is 6. The van der Waals surface area contributed by atoms with Crippen LogP contribution in [-0.4, -0.2) is 65.9 Å². The number of amides is 2. The summed E-state index contributed by atoms with van der Waals surface area (Å²) in [6.45, 7) is 7.61. The number of piperidine rings is 1. The third kappa shape index (κ3) is 5.08. The van der Waals surface area contributed by atoms with E-state index < -0.39 is 0 Å². The Morgan fingerprint density at radius 3 is 2.45 bits per heavy atom. The van der Waals surface area contributed by atoms with E-state index in [9.17, 15) is 9.59 Å². The Hall–Kier alpha value is -1.70. The Kier molecular flexibility index (Phi) is 7.49. The number of carbonyl (C=O) groups excluding carboxylic acids is 2. The van der Waals surface area contributed by atoms with Gasteiger partial charge in [-0.25, -0.2) is 4.98 Å². The monoisotopic (exact) mass is 436 g/mol. The molecule has 2 fully saturated rings. The van der Waals surface area contributed by atoms with Gasteiger partial charge in [-0.1, -0.05) is 6.92 Å². The molecule has 2 amide bonds. The van der Waals surface area contributed by atoms with Gasteiger partial charge in [0, 0.05) is 61.8 Å². The van der Waals surface area contributed by atoms with Crippen molar-refractivity contribution in [2.45, 2.75) is 32.6 Å². The Balaban J connectivity index is 0.00000240. The maximum absolute atomic E-state index is 12.0. The summed E-state index contributed by atoms with van der Waals surface area (Å²) in [5, 5.41) is 3.39. The van der Waals surface area contributed by atoms with Crippen LogP contribution in [0.1, 0.15) is 32.6 Å². The summed E-state index contributed by atoms with van der Waals surface area (Å²) in [5.41, 5.74) is 0. The average molecular weight is 437 g/mol. The summed E-state index contributed by atoms with van der Waals surface area (Å²) in [5.74, 6) is 1.32. The predicted octanol–water partition coefficient (Wildman–Crippen LogP) is 3.41. The fraction of sp³-hybridized carbons (Fsp3) is 0.571. The number of pyridine rings is 1. The van der Waals surface area contributed by atoms with Crippen LogP contribution in [0.4, 0.5) is 5.82 Å². The number of piperazine rings is 1. The number of unbranched alkanes of at least 4 members (excludes halogenated alkanes) is 1. The van der Waals surface area contributed by atoms with Crippen molar-refractivity contribution in [3.8, 4) is 0 Å². The number of thiophene rings is 1. The van der Waals surface area contributed by atoms with Crippen LogP contribution in [0.15, 0.2) is 23.7 Å². The zero-order chi connectivity index (χ0) is 19.5. The zero-order valence-corrected chi connectivity index (χ0v) is 18.5. The van der Waals surface area contributed by atoms with Gasteiger partial charge >= 0.3 is 0 Å². The molecule has 0 N–H and O–H groups in total. The molecule has 6 nitrogen and oxygen atoms in total. The van der Waals surface area contributed by atoms with E-state index in [0.29, 0.717) is 19.4 Å². The van der Waals surface area contributed by atoms with Crippen LogP contribution in [0, 0.1) is 5.92 Å². The summed E-state index contributed by atoms with van der Waals surface area (Å²) in [7, 11) is 0. The van der Waals surface area contributed by atoms with Crippen molar-refractivity contribution in [3.05, 3.63) is 23.7 Å². The van der Waals surface area contributed by atoms with Gasteiger partial charge in [-0.05, 0) is 42.8 Å². The molecular formula is C21H29ClN4O2S. The Morgan fingerprint density at radius 2 is 1.72 bits per heavy atom. The highest BCUT2D eigenvalue weighted by molar-refractivity contribution is 7.17. The molecule has 2 aromatic heterocycles. The second-order valence-corrected chi connectivity index (χ2v) is 8.90. The molecular weight excluding hydrogens is 408 g/mol. The van der Waals surface area contributed by atoms with E-state index in [1.807, 2.05) is 13.1 Å². The molecule has 0 saturated carbocycles. The number of likely N-dealkylation sites (tertiary alicyclic amines) is 1. The number of fused-ring (bicyclic) bond motifs is 1. The van der Waals surface area contributed by atoms with Gasteiger partial charge in [-0.2, -0.15) is 0 Å². The molecule has 8 heteroatoms. The molecule has 2 aromatic rings. The van der Waals surface area contributed by atoms with Gasteiger partial charge < -0.3 is 4.90 Å². The number of anilines is 1. The molecule has 0 spiro atoms. The fourth-order valence-corrected chi connectivity index (χ4v) is 4.97. The number of carbonyl (C=O) groups is 2. The van der Waals surface area contributed by atoms with Crippen LogP contribution in [0.2, 0.25) is 0 Å². The lowest BCUT2D eigenvalue weighted by Gasteiger charge is -2.35. The summed E-state index contributed by atoms with van der Waals surface area (Å²) < 4.78 is 1.30. The second kappa shape index (κ2) is 9.87. The molecule has 2 saturated heterocycles. The quantitative estimate of drug-likeness (QED) is 0.513. The Labute approximate surface area is 182 Å². The maximum atomic E-state index is 12.0. The first-order valence-electron chi connectivity index (χ1n) is 10.2. The molecule has 4 rings (SSSR count). The van der Waals surface area contributed by atoms with Gasteiger partial charge in [0.1, 0.15) is 5.82 Å². The van der Waals surface area contributed by atoms with Crippen molar-refractivity contribution in [1.29, 1.82) is 0 Å². The summed E-state index contributed by atoms with van der Waals surface area (Å²) in [4.78, 5) is 35.0. The fourth-order valence-electron chi connectivity index (χ4n) is 4.20. The molecule has 2 aliphatic heterocycles. The van der Waals surface area contributed by atoms with Crippen LogP contribution < -0.4 is 4.90 Å². The molecule has 0 aliphatic carbocycles. The molecule has 4 heterocycles. The summed E-state index contributed by atoms with van der Waals surface area (Å²) >= 11 is 1.76. The maximum Gasteiger partial charge on any atom is 0.229 e. The van der Waals surface area contributed by atoms with Crippen molar-refractivity contribution < 1.29 is 9.59 Å². The van der Waals surface area contributed by atoms with E-state index in [4.69, 9.17) is 0 Å². The van der Waals surface area contributed by atoms with Crippen molar-refractivity contribution in [3.63, 3.8) is 0 Å². The van der Waals surface area contributed by atoms with Crippen molar-refractivity contribution in [2.75, 3.05) is 44.2 Å². The van der Waals surface area contributed by atoms with Gasteiger partial charge in [-0.3, -0.25) is 19.4 Å². The number of aromatic nitrogens is 1. The van der Waals surface area contributed by atoms with E-state index in [1.165, 1.54) is 15.0 Å². The van der Waals surface area contributed by atoms with Crippen LogP contribution in [0.3, 0.4) is 0 Å². The molecule has 0 radical (unpaired) electrons. The first kappa shape index (κ1) is 22.0. The number of hydrogen-bond donors (Lipinski definition) is 0. The van der Waals surface area contributed by atoms with Crippen LogP contribution in [0.25, 0.3) is 10.1 Å². The van der Waals surface area contributed by atoms with Crippen molar-refractivity contribution in [2.24, 2.45) is 5.92 Å². The smallest absolute Gasteiger partial charge is 0.229 e. The summed E-state index contributed by atoms with van der Waals surface area (Å²) in [6, 6.07) is 4.25. The Bertz CT molecular complexity index is 832. The van der Waals surface area contributed by atoms with Gasteiger partial charge in [-0.15, -0.1) is 23.7 Å². The Morgan fingerprint density at radius 1 is 1.03 bits per heavy atom. The van der Waals surface area contributed by atoms with E-state index in [2.05, 4.69) is 32.3 Å². The molecule has 0 unspecified atom stereocenters. The standard InChI is InChI=1S/C21H28N4O2S.ClH/c1-16-14-19(26)25(20(27)15-16)8-3-2-7-23-9-11-24(12-10-23)21-17-5-13-28-18(17)4-6-22-21;/h4-6,13,16H,2-3,7-12,14-15H2,1H3;1H. The van der Waals surface area contributed by atoms with E-state index in [1.54, 1.807) is 11.3 Å². The van der Waals surface area contributed by atoms with Crippen LogP contribution >= 0.6 is 23.7 Å². The van der Waals surface area contributed by atoms with Crippen LogP contribution in [-0.2, 0) is 9.59 Å². The zero-order valence-electron chi connectivity index (χ0n) is 16.9. The second-order valence-electron chi connectivity index (χ2n) is 7.96. The molecule has 0 atom stereocenters. The number of nitrogens with zero attached hydrogens (tertiary/aromatic N) is 4. The lowest BCUT2D eigenvalue weighted by Crippen LogP contribution is -2.47. The van der Waals surface area contributed by atoms with Gasteiger partial charge in [0.25, 0.3) is 0 Å². The largest absolute Gasteiger partial charge is 0.354 e. The average Bonchev–Trinajstić information content (AvgIpc) is 3.16. The third-order valence-electron chi connectivity index (χ3n) is 5.78. The lowest BCUT2D eigenvalue weighted by atomic mass is 9.97. The highest BCUT2D eigenvalue weighted by Crippen LogP contribution is 2.29. The van der Waals surface area contributed by atoms with E-state index >= 15 is 0 Å². The normalized spacial score (nSPS) is 19.1.